The predicted molar refractivity (Wildman–Crippen MR) is 76.6 cm³/mol. The van der Waals surface area contributed by atoms with Gasteiger partial charge in [0.2, 0.25) is 5.91 Å². The Morgan fingerprint density at radius 1 is 1.33 bits per heavy atom. The quantitative estimate of drug-likeness (QED) is 0.843. The third-order valence-corrected chi connectivity index (χ3v) is 4.96. The van der Waals surface area contributed by atoms with E-state index < -0.39 is 0 Å². The minimum Gasteiger partial charge on any atom is -0.468 e. The van der Waals surface area contributed by atoms with Crippen LogP contribution in [0.3, 0.4) is 0 Å². The molecule has 4 heterocycles. The molecule has 114 valence electrons. The van der Waals surface area contributed by atoms with Crippen LogP contribution in [0.5, 0.6) is 0 Å². The van der Waals surface area contributed by atoms with Crippen molar-refractivity contribution in [3.05, 3.63) is 24.2 Å². The summed E-state index contributed by atoms with van der Waals surface area (Å²) >= 11 is 0. The fourth-order valence-electron chi connectivity index (χ4n) is 3.72. The molecule has 3 saturated heterocycles. The second-order valence-electron chi connectivity index (χ2n) is 6.50. The number of rotatable bonds is 4. The van der Waals surface area contributed by atoms with Crippen LogP contribution in [-0.4, -0.2) is 54.1 Å². The largest absolute Gasteiger partial charge is 0.468 e. The van der Waals surface area contributed by atoms with Crippen LogP contribution in [-0.2, 0) is 16.1 Å². The number of amides is 1. The minimum atomic E-state index is 0.138. The van der Waals surface area contributed by atoms with Crippen LogP contribution in [0.1, 0.15) is 25.0 Å². The highest BCUT2D eigenvalue weighted by atomic mass is 16.5. The third kappa shape index (κ3) is 2.72. The molecule has 0 saturated carbocycles. The number of hydrogen-bond acceptors (Lipinski definition) is 4. The van der Waals surface area contributed by atoms with Crippen molar-refractivity contribution >= 4 is 5.91 Å². The van der Waals surface area contributed by atoms with Crippen molar-refractivity contribution in [2.45, 2.75) is 38.0 Å². The molecule has 0 bridgehead atoms. The van der Waals surface area contributed by atoms with Crippen LogP contribution >= 0.6 is 0 Å². The van der Waals surface area contributed by atoms with Gasteiger partial charge >= 0.3 is 0 Å². The van der Waals surface area contributed by atoms with E-state index in [4.69, 9.17) is 9.15 Å². The third-order valence-electron chi connectivity index (χ3n) is 4.96. The van der Waals surface area contributed by atoms with Gasteiger partial charge in [-0.15, -0.1) is 0 Å². The first-order chi connectivity index (χ1) is 10.3. The van der Waals surface area contributed by atoms with Crippen LogP contribution in [0.2, 0.25) is 0 Å². The van der Waals surface area contributed by atoms with Crippen molar-refractivity contribution in [2.75, 3.05) is 26.2 Å². The lowest BCUT2D eigenvalue weighted by molar-refractivity contribution is -0.137. The van der Waals surface area contributed by atoms with Crippen molar-refractivity contribution < 1.29 is 13.9 Å². The maximum atomic E-state index is 12.0. The molecule has 0 radical (unpaired) electrons. The molecule has 1 amide bonds. The summed E-state index contributed by atoms with van der Waals surface area (Å²) in [6.07, 6.45) is 4.92. The number of likely N-dealkylation sites (tertiary alicyclic amines) is 2. The van der Waals surface area contributed by atoms with Gasteiger partial charge in [-0.2, -0.15) is 0 Å². The van der Waals surface area contributed by atoms with Crippen LogP contribution in [0.25, 0.3) is 0 Å². The van der Waals surface area contributed by atoms with Gasteiger partial charge in [0, 0.05) is 32.1 Å². The highest BCUT2D eigenvalue weighted by molar-refractivity contribution is 5.77. The molecule has 3 aliphatic rings. The van der Waals surface area contributed by atoms with E-state index in [9.17, 15) is 4.79 Å². The molecule has 0 unspecified atom stereocenters. The first-order valence-corrected chi connectivity index (χ1v) is 7.96. The molecule has 0 aliphatic carbocycles. The first kappa shape index (κ1) is 13.3. The summed E-state index contributed by atoms with van der Waals surface area (Å²) in [5, 5.41) is 0. The van der Waals surface area contributed by atoms with Crippen molar-refractivity contribution in [3.8, 4) is 0 Å². The Morgan fingerprint density at radius 2 is 2.24 bits per heavy atom. The number of hydrogen-bond donors (Lipinski definition) is 0. The van der Waals surface area contributed by atoms with Gasteiger partial charge in [0.15, 0.2) is 0 Å². The highest BCUT2D eigenvalue weighted by Gasteiger charge is 2.42. The second kappa shape index (κ2) is 5.46. The van der Waals surface area contributed by atoms with Crippen molar-refractivity contribution in [3.63, 3.8) is 0 Å². The second-order valence-corrected chi connectivity index (χ2v) is 6.50. The number of carbonyl (C=O) groups excluding carboxylic acids is 1. The molecule has 5 nitrogen and oxygen atoms in total. The molecule has 3 atom stereocenters. The highest BCUT2D eigenvalue weighted by Crippen LogP contribution is 2.35. The number of ether oxygens (including phenoxy) is 1. The molecule has 1 aromatic rings. The fraction of sp³-hybridized carbons (Fsp3) is 0.688. The molecule has 4 rings (SSSR count). The zero-order valence-electron chi connectivity index (χ0n) is 12.2. The Morgan fingerprint density at radius 3 is 2.90 bits per heavy atom. The van der Waals surface area contributed by atoms with Crippen molar-refractivity contribution in [1.29, 1.82) is 0 Å². The summed E-state index contributed by atoms with van der Waals surface area (Å²) in [5.41, 5.74) is 0. The fourth-order valence-corrected chi connectivity index (χ4v) is 3.72. The first-order valence-electron chi connectivity index (χ1n) is 7.96. The normalized spacial score (nSPS) is 32.2. The average Bonchev–Trinajstić information content (AvgIpc) is 3.03. The van der Waals surface area contributed by atoms with E-state index in [1.54, 1.807) is 6.26 Å². The minimum absolute atomic E-state index is 0.138. The number of nitrogens with zero attached hydrogens (tertiary/aromatic N) is 2. The lowest BCUT2D eigenvalue weighted by atomic mass is 10.0. The smallest absolute Gasteiger partial charge is 0.225 e. The molecule has 3 aliphatic heterocycles. The van der Waals surface area contributed by atoms with Crippen molar-refractivity contribution in [1.82, 2.24) is 9.80 Å². The summed E-state index contributed by atoms with van der Waals surface area (Å²) in [6, 6.07) is 3.95. The maximum absolute atomic E-state index is 12.0. The molecule has 3 fully saturated rings. The van der Waals surface area contributed by atoms with Gasteiger partial charge in [-0.1, -0.05) is 0 Å². The SMILES string of the molecule is O=C(C[C@@H]1C[C@@H]2CN(Cc3ccco3)C[C@@H]2O1)N1CCC1. The Hall–Kier alpha value is -1.33. The Labute approximate surface area is 124 Å². The number of furan rings is 1. The summed E-state index contributed by atoms with van der Waals surface area (Å²) in [4.78, 5) is 16.3. The molecule has 0 aromatic carbocycles. The topological polar surface area (TPSA) is 45.9 Å². The van der Waals surface area contributed by atoms with Crippen LogP contribution in [0.15, 0.2) is 22.8 Å². The summed E-state index contributed by atoms with van der Waals surface area (Å²) in [5.74, 6) is 1.87. The Balaban J connectivity index is 1.26. The zero-order chi connectivity index (χ0) is 14.2. The number of fused-ring (bicyclic) bond motifs is 1. The van der Waals surface area contributed by atoms with Gasteiger partial charge in [-0.05, 0) is 25.0 Å². The van der Waals surface area contributed by atoms with Crippen LogP contribution < -0.4 is 0 Å². The molecule has 0 N–H and O–H groups in total. The van der Waals surface area contributed by atoms with Crippen LogP contribution in [0.4, 0.5) is 0 Å². The van der Waals surface area contributed by atoms with E-state index in [1.165, 1.54) is 0 Å². The van der Waals surface area contributed by atoms with E-state index in [0.29, 0.717) is 18.4 Å². The number of carbonyl (C=O) groups is 1. The lowest BCUT2D eigenvalue weighted by Crippen LogP contribution is -2.43. The molecular weight excluding hydrogens is 268 g/mol. The lowest BCUT2D eigenvalue weighted by Gasteiger charge is -2.31. The molecule has 21 heavy (non-hydrogen) atoms. The van der Waals surface area contributed by atoms with Crippen molar-refractivity contribution in [2.24, 2.45) is 5.92 Å². The van der Waals surface area contributed by atoms with Crippen LogP contribution in [0, 0.1) is 5.92 Å². The predicted octanol–water partition coefficient (Wildman–Crippen LogP) is 1.49. The van der Waals surface area contributed by atoms with Gasteiger partial charge < -0.3 is 14.1 Å². The van der Waals surface area contributed by atoms with E-state index in [0.717, 1.165) is 51.3 Å². The molecule has 0 spiro atoms. The van der Waals surface area contributed by atoms with E-state index >= 15 is 0 Å². The van der Waals surface area contributed by atoms with E-state index in [-0.39, 0.29) is 12.0 Å². The maximum Gasteiger partial charge on any atom is 0.225 e. The molecule has 5 heteroatoms. The van der Waals surface area contributed by atoms with Gasteiger partial charge in [-0.25, -0.2) is 0 Å². The van der Waals surface area contributed by atoms with Gasteiger partial charge in [0.1, 0.15) is 5.76 Å². The van der Waals surface area contributed by atoms with Gasteiger partial charge in [0.25, 0.3) is 0 Å². The molecular formula is C16H22N2O3. The summed E-state index contributed by atoms with van der Waals surface area (Å²) in [6.45, 7) is 4.75. The Bertz CT molecular complexity index is 484. The monoisotopic (exact) mass is 290 g/mol. The molecule has 1 aromatic heterocycles. The zero-order valence-corrected chi connectivity index (χ0v) is 12.2. The summed E-state index contributed by atoms with van der Waals surface area (Å²) in [7, 11) is 0. The van der Waals surface area contributed by atoms with Gasteiger partial charge in [-0.3, -0.25) is 9.69 Å². The van der Waals surface area contributed by atoms with E-state index in [1.807, 2.05) is 17.0 Å². The van der Waals surface area contributed by atoms with E-state index in [2.05, 4.69) is 4.90 Å². The Kier molecular flexibility index (Phi) is 3.47. The van der Waals surface area contributed by atoms with Gasteiger partial charge in [0.05, 0.1) is 31.4 Å². The average molecular weight is 290 g/mol. The summed E-state index contributed by atoms with van der Waals surface area (Å²) < 4.78 is 11.5. The standard InChI is InChI=1S/C16H22N2O3/c19-16(18-4-2-5-18)8-14-7-12-9-17(11-15(12)21-14)10-13-3-1-6-20-13/h1,3,6,12,14-15H,2,4-5,7-11H2/t12-,14+,15+/m1/s1.